The predicted octanol–water partition coefficient (Wildman–Crippen LogP) is 6.18. The van der Waals surface area contributed by atoms with Crippen LogP contribution in [0.15, 0.2) is 79.0 Å². The number of amides is 2. The smallest absolute Gasteiger partial charge is 0.316 e. The van der Waals surface area contributed by atoms with E-state index in [2.05, 4.69) is 15.6 Å². The zero-order valence-electron chi connectivity index (χ0n) is 23.4. The van der Waals surface area contributed by atoms with Crippen molar-refractivity contribution in [3.63, 3.8) is 0 Å². The number of aromatic hydroxyl groups is 1. The molecule has 2 aromatic carbocycles. The number of carbonyl (C=O) groups excluding carboxylic acids is 2. The highest BCUT2D eigenvalue weighted by atomic mass is 19.3. The SMILES string of the molecule is CCOC(=O)[C@@H](C)[C@H](NC(=O)N[C@@](Cc1ccccc1)(c1cc(F)cc(C(F)F)c1)c1ccc(O)cn1)[C@H]1C=CCC1. The molecule has 3 aromatic rings. The molecule has 4 atom stereocenters. The number of hydrogen-bond donors (Lipinski definition) is 3. The summed E-state index contributed by atoms with van der Waals surface area (Å²) in [5.74, 6) is -2.37. The van der Waals surface area contributed by atoms with Gasteiger partial charge in [0.25, 0.3) is 6.43 Å². The minimum absolute atomic E-state index is 0.00654. The highest BCUT2D eigenvalue weighted by Crippen LogP contribution is 2.36. The molecule has 10 heteroatoms. The van der Waals surface area contributed by atoms with Gasteiger partial charge in [0.1, 0.15) is 17.1 Å². The molecule has 1 aliphatic carbocycles. The number of allylic oxidation sites excluding steroid dienone is 1. The second-order valence-electron chi connectivity index (χ2n) is 10.4. The molecule has 222 valence electrons. The van der Waals surface area contributed by atoms with Crippen LogP contribution in [0.1, 0.15) is 55.5 Å². The molecule has 0 saturated carbocycles. The van der Waals surface area contributed by atoms with Gasteiger partial charge in [-0.1, -0.05) is 42.5 Å². The normalized spacial score (nSPS) is 17.3. The van der Waals surface area contributed by atoms with Gasteiger partial charge in [0, 0.05) is 18.0 Å². The minimum Gasteiger partial charge on any atom is -0.506 e. The fourth-order valence-electron chi connectivity index (χ4n) is 5.41. The molecular formula is C32H34F3N3O4. The minimum atomic E-state index is -2.97. The zero-order valence-corrected chi connectivity index (χ0v) is 23.4. The van der Waals surface area contributed by atoms with Gasteiger partial charge >= 0.3 is 12.0 Å². The average molecular weight is 582 g/mol. The lowest BCUT2D eigenvalue weighted by Crippen LogP contribution is -2.57. The fraction of sp³-hybridized carbons (Fsp3) is 0.344. The topological polar surface area (TPSA) is 101 Å². The van der Waals surface area contributed by atoms with E-state index in [0.29, 0.717) is 12.0 Å². The van der Waals surface area contributed by atoms with E-state index in [9.17, 15) is 27.9 Å². The first-order chi connectivity index (χ1) is 20.1. The Kier molecular flexibility index (Phi) is 9.88. The number of rotatable bonds is 11. The highest BCUT2D eigenvalue weighted by Gasteiger charge is 2.41. The molecule has 0 aliphatic heterocycles. The molecule has 2 amide bonds. The van der Waals surface area contributed by atoms with E-state index in [0.717, 1.165) is 30.8 Å². The van der Waals surface area contributed by atoms with Gasteiger partial charge in [-0.15, -0.1) is 0 Å². The molecule has 1 heterocycles. The fourth-order valence-corrected chi connectivity index (χ4v) is 5.41. The maximum absolute atomic E-state index is 14.9. The number of hydrogen-bond acceptors (Lipinski definition) is 5. The third-order valence-corrected chi connectivity index (χ3v) is 7.50. The highest BCUT2D eigenvalue weighted by molar-refractivity contribution is 5.79. The molecule has 42 heavy (non-hydrogen) atoms. The monoisotopic (exact) mass is 581 g/mol. The van der Waals surface area contributed by atoms with Crippen molar-refractivity contribution in [1.82, 2.24) is 15.6 Å². The van der Waals surface area contributed by atoms with Gasteiger partial charge in [-0.3, -0.25) is 9.78 Å². The Morgan fingerprint density at radius 1 is 1.14 bits per heavy atom. The molecule has 0 bridgehead atoms. The van der Waals surface area contributed by atoms with Crippen molar-refractivity contribution in [2.45, 2.75) is 51.1 Å². The molecular weight excluding hydrogens is 547 g/mol. The summed E-state index contributed by atoms with van der Waals surface area (Å²) >= 11 is 0. The summed E-state index contributed by atoms with van der Waals surface area (Å²) in [6, 6.07) is 13.4. The third-order valence-electron chi connectivity index (χ3n) is 7.50. The second kappa shape index (κ2) is 13.5. The average Bonchev–Trinajstić information content (AvgIpc) is 3.51. The third kappa shape index (κ3) is 7.10. The number of aromatic nitrogens is 1. The van der Waals surface area contributed by atoms with Crippen LogP contribution < -0.4 is 10.6 Å². The largest absolute Gasteiger partial charge is 0.506 e. The van der Waals surface area contributed by atoms with Crippen LogP contribution in [-0.4, -0.2) is 34.7 Å². The maximum atomic E-state index is 14.9. The number of alkyl halides is 2. The summed E-state index contributed by atoms with van der Waals surface area (Å²) in [5.41, 5.74) is -1.31. The summed E-state index contributed by atoms with van der Waals surface area (Å²) in [7, 11) is 0. The number of benzene rings is 2. The molecule has 1 aromatic heterocycles. The summed E-state index contributed by atoms with van der Waals surface area (Å²) < 4.78 is 47.8. The Bertz CT molecular complexity index is 1400. The van der Waals surface area contributed by atoms with Crippen LogP contribution in [0, 0.1) is 17.7 Å². The van der Waals surface area contributed by atoms with Crippen molar-refractivity contribution in [3.8, 4) is 5.75 Å². The Hall–Kier alpha value is -4.34. The predicted molar refractivity (Wildman–Crippen MR) is 151 cm³/mol. The second-order valence-corrected chi connectivity index (χ2v) is 10.4. The van der Waals surface area contributed by atoms with E-state index in [1.807, 2.05) is 12.2 Å². The van der Waals surface area contributed by atoms with Gasteiger partial charge in [0.05, 0.1) is 24.4 Å². The van der Waals surface area contributed by atoms with Crippen LogP contribution in [0.4, 0.5) is 18.0 Å². The Labute approximate surface area is 242 Å². The summed E-state index contributed by atoms with van der Waals surface area (Å²) in [6.07, 6.45) is 3.62. The number of pyridine rings is 1. The lowest BCUT2D eigenvalue weighted by atomic mass is 9.79. The van der Waals surface area contributed by atoms with E-state index in [1.54, 1.807) is 44.2 Å². The van der Waals surface area contributed by atoms with Gasteiger partial charge in [-0.25, -0.2) is 18.0 Å². The molecule has 0 spiro atoms. The number of ether oxygens (including phenoxy) is 1. The van der Waals surface area contributed by atoms with Crippen LogP contribution in [0.2, 0.25) is 0 Å². The van der Waals surface area contributed by atoms with Crippen molar-refractivity contribution in [3.05, 3.63) is 107 Å². The van der Waals surface area contributed by atoms with Crippen molar-refractivity contribution >= 4 is 12.0 Å². The van der Waals surface area contributed by atoms with Gasteiger partial charge < -0.3 is 20.5 Å². The van der Waals surface area contributed by atoms with Crippen molar-refractivity contribution in [2.24, 2.45) is 11.8 Å². The van der Waals surface area contributed by atoms with Gasteiger partial charge in [0.15, 0.2) is 0 Å². The van der Waals surface area contributed by atoms with Crippen LogP contribution in [-0.2, 0) is 21.5 Å². The van der Waals surface area contributed by atoms with E-state index < -0.39 is 47.3 Å². The summed E-state index contributed by atoms with van der Waals surface area (Å²) in [5, 5.41) is 15.8. The van der Waals surface area contributed by atoms with Crippen LogP contribution in [0.5, 0.6) is 5.75 Å². The lowest BCUT2D eigenvalue weighted by molar-refractivity contribution is -0.148. The first kappa shape index (κ1) is 30.6. The first-order valence-electron chi connectivity index (χ1n) is 13.8. The van der Waals surface area contributed by atoms with Crippen LogP contribution in [0.3, 0.4) is 0 Å². The van der Waals surface area contributed by atoms with E-state index in [4.69, 9.17) is 4.74 Å². The standard InChI is InChI=1S/C32H34F3N3O4/c1-3-42-30(40)20(2)28(22-11-7-8-12-22)37-31(41)38-32(18-21-9-5-4-6-10-21,27-14-13-26(39)19-36-27)24-15-23(29(34)35)16-25(33)17-24/h4-7,9-11,13-17,19-20,22,28-29,39H,3,8,12,18H2,1-2H3,(H2,37,38,41)/t20-,22-,28-,32-/m0/s1. The number of esters is 1. The molecule has 0 fully saturated rings. The van der Waals surface area contributed by atoms with Crippen molar-refractivity contribution < 1.29 is 32.6 Å². The Morgan fingerprint density at radius 2 is 1.90 bits per heavy atom. The zero-order chi connectivity index (χ0) is 30.3. The number of halogens is 3. The first-order valence-corrected chi connectivity index (χ1v) is 13.8. The molecule has 1 aliphatic rings. The molecule has 0 saturated heterocycles. The Balaban J connectivity index is 1.83. The Morgan fingerprint density at radius 3 is 2.52 bits per heavy atom. The number of urea groups is 1. The molecule has 7 nitrogen and oxygen atoms in total. The number of nitrogens with zero attached hydrogens (tertiary/aromatic N) is 1. The molecule has 3 N–H and O–H groups in total. The van der Waals surface area contributed by atoms with Crippen molar-refractivity contribution in [2.75, 3.05) is 6.61 Å². The van der Waals surface area contributed by atoms with E-state index >= 15 is 0 Å². The number of nitrogens with one attached hydrogen (secondary N) is 2. The van der Waals surface area contributed by atoms with E-state index in [1.165, 1.54) is 12.1 Å². The van der Waals surface area contributed by atoms with Gasteiger partial charge in [-0.05, 0) is 74.1 Å². The molecule has 0 radical (unpaired) electrons. The van der Waals surface area contributed by atoms with E-state index in [-0.39, 0.29) is 36.0 Å². The maximum Gasteiger partial charge on any atom is 0.316 e. The molecule has 0 unspecified atom stereocenters. The summed E-state index contributed by atoms with van der Waals surface area (Å²) in [6.45, 7) is 3.56. The van der Waals surface area contributed by atoms with Crippen LogP contribution in [0.25, 0.3) is 0 Å². The van der Waals surface area contributed by atoms with Crippen LogP contribution >= 0.6 is 0 Å². The lowest BCUT2D eigenvalue weighted by Gasteiger charge is -2.37. The quantitative estimate of drug-likeness (QED) is 0.185. The molecule has 4 rings (SSSR count). The van der Waals surface area contributed by atoms with Gasteiger partial charge in [0.2, 0.25) is 0 Å². The van der Waals surface area contributed by atoms with Gasteiger partial charge in [-0.2, -0.15) is 0 Å². The van der Waals surface area contributed by atoms with Crippen molar-refractivity contribution in [1.29, 1.82) is 0 Å². The number of carbonyl (C=O) groups is 2. The summed E-state index contributed by atoms with van der Waals surface area (Å²) in [4.78, 5) is 30.9.